The molecular weight excluding hydrogens is 448 g/mol. The van der Waals surface area contributed by atoms with Crippen LogP contribution < -0.4 is 20.1 Å². The molecule has 0 radical (unpaired) electrons. The highest BCUT2D eigenvalue weighted by molar-refractivity contribution is 7.91. The van der Waals surface area contributed by atoms with Crippen molar-refractivity contribution in [2.45, 2.75) is 24.8 Å². The van der Waals surface area contributed by atoms with Crippen LogP contribution >= 0.6 is 0 Å². The summed E-state index contributed by atoms with van der Waals surface area (Å²) in [4.78, 5) is 25.5. The van der Waals surface area contributed by atoms with Crippen molar-refractivity contribution in [3.63, 3.8) is 0 Å². The maximum Gasteiger partial charge on any atom is 0.338 e. The van der Waals surface area contributed by atoms with E-state index in [4.69, 9.17) is 14.2 Å². The van der Waals surface area contributed by atoms with Gasteiger partial charge in [-0.15, -0.1) is 0 Å². The van der Waals surface area contributed by atoms with Crippen LogP contribution in [0.25, 0.3) is 0 Å². The fourth-order valence-electron chi connectivity index (χ4n) is 3.48. The van der Waals surface area contributed by atoms with E-state index in [1.165, 1.54) is 26.4 Å². The van der Waals surface area contributed by atoms with Crippen LogP contribution in [0, 0.1) is 6.92 Å². The lowest BCUT2D eigenvalue weighted by Crippen LogP contribution is -2.47. The molecule has 0 spiro atoms. The molecule has 0 aromatic heterocycles. The molecule has 1 aliphatic heterocycles. The first kappa shape index (κ1) is 24.1. The number of urea groups is 1. The van der Waals surface area contributed by atoms with Crippen LogP contribution in [-0.2, 0) is 19.4 Å². The third-order valence-electron chi connectivity index (χ3n) is 5.10. The normalized spacial score (nSPS) is 16.0. The Balaban J connectivity index is 2.12. The van der Waals surface area contributed by atoms with E-state index in [9.17, 15) is 18.0 Å². The zero-order valence-electron chi connectivity index (χ0n) is 18.8. The Morgan fingerprint density at radius 3 is 2.30 bits per heavy atom. The zero-order valence-corrected chi connectivity index (χ0v) is 19.6. The SMILES string of the molecule is CCOC(=O)C1=C(CS(=O)(=O)c2ccc(C)cc2)NC(=O)N[C@@H]1c1ccc(OC)c(OC)c1. The number of rotatable bonds is 8. The molecule has 1 aliphatic rings. The molecule has 0 saturated carbocycles. The van der Waals surface area contributed by atoms with Gasteiger partial charge in [0, 0.05) is 5.70 Å². The van der Waals surface area contributed by atoms with Crippen molar-refractivity contribution in [1.29, 1.82) is 0 Å². The molecule has 9 nitrogen and oxygen atoms in total. The second-order valence-electron chi connectivity index (χ2n) is 7.33. The Morgan fingerprint density at radius 2 is 1.70 bits per heavy atom. The molecule has 1 heterocycles. The molecule has 0 saturated heterocycles. The van der Waals surface area contributed by atoms with Gasteiger partial charge in [0.1, 0.15) is 0 Å². The van der Waals surface area contributed by atoms with Gasteiger partial charge in [0.05, 0.1) is 43.1 Å². The summed E-state index contributed by atoms with van der Waals surface area (Å²) >= 11 is 0. The number of carbonyl (C=O) groups excluding carboxylic acids is 2. The molecule has 0 aliphatic carbocycles. The molecule has 0 unspecified atom stereocenters. The van der Waals surface area contributed by atoms with E-state index in [-0.39, 0.29) is 22.8 Å². The van der Waals surface area contributed by atoms with Gasteiger partial charge in [-0.25, -0.2) is 18.0 Å². The molecule has 10 heteroatoms. The van der Waals surface area contributed by atoms with Crippen molar-refractivity contribution in [2.24, 2.45) is 0 Å². The van der Waals surface area contributed by atoms with Crippen molar-refractivity contribution < 1.29 is 32.2 Å². The lowest BCUT2D eigenvalue weighted by molar-refractivity contribution is -0.139. The van der Waals surface area contributed by atoms with E-state index in [1.54, 1.807) is 37.3 Å². The molecule has 2 aromatic carbocycles. The maximum absolute atomic E-state index is 13.1. The van der Waals surface area contributed by atoms with E-state index >= 15 is 0 Å². The number of hydrogen-bond acceptors (Lipinski definition) is 7. The number of amides is 2. The van der Waals surface area contributed by atoms with E-state index in [2.05, 4.69) is 10.6 Å². The van der Waals surface area contributed by atoms with Crippen molar-refractivity contribution >= 4 is 21.8 Å². The summed E-state index contributed by atoms with van der Waals surface area (Å²) in [5.41, 5.74) is 1.36. The second kappa shape index (κ2) is 9.95. The number of nitrogens with one attached hydrogen (secondary N) is 2. The summed E-state index contributed by atoms with van der Waals surface area (Å²) in [6.45, 7) is 3.56. The number of carbonyl (C=O) groups is 2. The van der Waals surface area contributed by atoms with Crippen molar-refractivity contribution in [3.8, 4) is 11.5 Å². The molecular formula is C23H26N2O7S. The van der Waals surface area contributed by atoms with Gasteiger partial charge in [-0.1, -0.05) is 23.8 Å². The van der Waals surface area contributed by atoms with Crippen LogP contribution in [0.15, 0.2) is 58.6 Å². The predicted octanol–water partition coefficient (Wildman–Crippen LogP) is 2.66. The van der Waals surface area contributed by atoms with Crippen LogP contribution in [0.2, 0.25) is 0 Å². The van der Waals surface area contributed by atoms with Crippen LogP contribution in [-0.4, -0.2) is 47.0 Å². The monoisotopic (exact) mass is 474 g/mol. The van der Waals surface area contributed by atoms with E-state index in [0.29, 0.717) is 17.1 Å². The minimum atomic E-state index is -3.86. The van der Waals surface area contributed by atoms with Gasteiger partial charge in [0.2, 0.25) is 0 Å². The summed E-state index contributed by atoms with van der Waals surface area (Å²) in [5.74, 6) is -0.467. The smallest absolute Gasteiger partial charge is 0.338 e. The average molecular weight is 475 g/mol. The molecule has 2 N–H and O–H groups in total. The predicted molar refractivity (Wildman–Crippen MR) is 121 cm³/mol. The van der Waals surface area contributed by atoms with Gasteiger partial charge in [-0.3, -0.25) is 0 Å². The summed E-state index contributed by atoms with van der Waals surface area (Å²) in [6, 6.07) is 9.64. The van der Waals surface area contributed by atoms with E-state index in [1.807, 2.05) is 6.92 Å². The number of aryl methyl sites for hydroxylation is 1. The summed E-state index contributed by atoms with van der Waals surface area (Å²) in [5, 5.41) is 5.16. The topological polar surface area (TPSA) is 120 Å². The van der Waals surface area contributed by atoms with Gasteiger partial charge < -0.3 is 24.8 Å². The van der Waals surface area contributed by atoms with Gasteiger partial charge in [-0.05, 0) is 43.7 Å². The van der Waals surface area contributed by atoms with Crippen molar-refractivity contribution in [1.82, 2.24) is 10.6 Å². The van der Waals surface area contributed by atoms with Crippen molar-refractivity contribution in [3.05, 3.63) is 64.9 Å². The molecule has 33 heavy (non-hydrogen) atoms. The molecule has 2 amide bonds. The number of methoxy groups -OCH3 is 2. The third-order valence-corrected chi connectivity index (χ3v) is 6.76. The number of esters is 1. The maximum atomic E-state index is 13.1. The molecule has 3 rings (SSSR count). The highest BCUT2D eigenvalue weighted by atomic mass is 32.2. The second-order valence-corrected chi connectivity index (χ2v) is 9.32. The molecule has 0 fully saturated rings. The lowest BCUT2D eigenvalue weighted by Gasteiger charge is -2.29. The Morgan fingerprint density at radius 1 is 1.03 bits per heavy atom. The minimum absolute atomic E-state index is 0.000596. The quantitative estimate of drug-likeness (QED) is 0.565. The number of sulfone groups is 1. The Kier molecular flexibility index (Phi) is 7.27. The Labute approximate surface area is 192 Å². The van der Waals surface area contributed by atoms with Crippen LogP contribution in [0.5, 0.6) is 11.5 Å². The molecule has 0 bridgehead atoms. The zero-order chi connectivity index (χ0) is 24.2. The largest absolute Gasteiger partial charge is 0.493 e. The first-order chi connectivity index (χ1) is 15.7. The highest BCUT2D eigenvalue weighted by Gasteiger charge is 2.36. The van der Waals surface area contributed by atoms with Crippen LogP contribution in [0.1, 0.15) is 24.1 Å². The summed E-state index contributed by atoms with van der Waals surface area (Å²) in [6.07, 6.45) is 0. The molecule has 1 atom stereocenters. The van der Waals surface area contributed by atoms with Crippen LogP contribution in [0.3, 0.4) is 0 Å². The van der Waals surface area contributed by atoms with E-state index in [0.717, 1.165) is 5.56 Å². The minimum Gasteiger partial charge on any atom is -0.493 e. The molecule has 2 aromatic rings. The number of ether oxygens (including phenoxy) is 3. The third kappa shape index (κ3) is 5.28. The summed E-state index contributed by atoms with van der Waals surface area (Å²) < 4.78 is 41.9. The van der Waals surface area contributed by atoms with E-state index < -0.39 is 33.6 Å². The number of hydrogen-bond donors (Lipinski definition) is 2. The van der Waals surface area contributed by atoms with Crippen LogP contribution in [0.4, 0.5) is 4.79 Å². The lowest BCUT2D eigenvalue weighted by atomic mass is 9.95. The Hall–Kier alpha value is -3.53. The molecule has 176 valence electrons. The van der Waals surface area contributed by atoms with Gasteiger partial charge in [0.15, 0.2) is 21.3 Å². The first-order valence-corrected chi connectivity index (χ1v) is 11.8. The van der Waals surface area contributed by atoms with Gasteiger partial charge in [0.25, 0.3) is 0 Å². The van der Waals surface area contributed by atoms with Gasteiger partial charge >= 0.3 is 12.0 Å². The van der Waals surface area contributed by atoms with Gasteiger partial charge in [-0.2, -0.15) is 0 Å². The highest BCUT2D eigenvalue weighted by Crippen LogP contribution is 2.35. The first-order valence-electron chi connectivity index (χ1n) is 10.2. The summed E-state index contributed by atoms with van der Waals surface area (Å²) in [7, 11) is -0.913. The Bertz CT molecular complexity index is 1190. The fraction of sp³-hybridized carbons (Fsp3) is 0.304. The van der Waals surface area contributed by atoms with Crippen molar-refractivity contribution in [2.75, 3.05) is 26.6 Å². The fourth-order valence-corrected chi connectivity index (χ4v) is 4.81. The standard InChI is InChI=1S/C23H26N2O7S/c1-5-32-22(26)20-17(13-33(28,29)16-9-6-14(2)7-10-16)24-23(27)25-21(20)15-8-11-18(30-3)19(12-15)31-4/h6-12,21H,5,13H2,1-4H3,(H2,24,25,27)/t21-/m1/s1. The number of benzene rings is 2. The average Bonchev–Trinajstić information content (AvgIpc) is 2.78.